The predicted molar refractivity (Wildman–Crippen MR) is 76.3 cm³/mol. The van der Waals surface area contributed by atoms with E-state index in [-0.39, 0.29) is 6.10 Å². The van der Waals surface area contributed by atoms with Crippen molar-refractivity contribution in [1.82, 2.24) is 5.32 Å². The molecule has 0 spiro atoms. The molecule has 1 aliphatic rings. The van der Waals surface area contributed by atoms with E-state index in [2.05, 4.69) is 50.5 Å². The summed E-state index contributed by atoms with van der Waals surface area (Å²) in [6, 6.07) is 9.32. The number of benzene rings is 1. The average molecular weight is 247 g/mol. The van der Waals surface area contributed by atoms with E-state index in [1.165, 1.54) is 31.2 Å². The second-order valence-electron chi connectivity index (χ2n) is 5.52. The largest absolute Gasteiger partial charge is 0.491 e. The number of rotatable bonds is 4. The molecule has 1 aliphatic carbocycles. The molecule has 2 nitrogen and oxygen atoms in total. The highest BCUT2D eigenvalue weighted by molar-refractivity contribution is 5.30. The molecule has 0 saturated heterocycles. The first kappa shape index (κ1) is 13.4. The summed E-state index contributed by atoms with van der Waals surface area (Å²) in [4.78, 5) is 0. The van der Waals surface area contributed by atoms with Crippen LogP contribution in [-0.2, 0) is 0 Å². The van der Waals surface area contributed by atoms with Crippen LogP contribution in [0.15, 0.2) is 24.3 Å². The van der Waals surface area contributed by atoms with Crippen LogP contribution in [0.5, 0.6) is 5.75 Å². The fourth-order valence-corrected chi connectivity index (χ4v) is 2.94. The zero-order valence-corrected chi connectivity index (χ0v) is 11.8. The zero-order valence-electron chi connectivity index (χ0n) is 11.8. The quantitative estimate of drug-likeness (QED) is 0.875. The van der Waals surface area contributed by atoms with Gasteiger partial charge in [-0.25, -0.2) is 0 Å². The fraction of sp³-hybridized carbons (Fsp3) is 0.625. The second kappa shape index (κ2) is 6.24. The number of hydrogen-bond acceptors (Lipinski definition) is 2. The van der Waals surface area contributed by atoms with Crippen LogP contribution in [0.2, 0.25) is 0 Å². The van der Waals surface area contributed by atoms with Crippen LogP contribution in [0.1, 0.15) is 51.0 Å². The van der Waals surface area contributed by atoms with Gasteiger partial charge in [0.2, 0.25) is 0 Å². The Morgan fingerprint density at radius 1 is 1.11 bits per heavy atom. The van der Waals surface area contributed by atoms with Crippen molar-refractivity contribution in [2.45, 2.75) is 57.6 Å². The lowest BCUT2D eigenvalue weighted by atomic mass is 9.80. The summed E-state index contributed by atoms with van der Waals surface area (Å²) in [5, 5.41) is 3.47. The van der Waals surface area contributed by atoms with Gasteiger partial charge in [0.1, 0.15) is 5.75 Å². The molecule has 2 rings (SSSR count). The van der Waals surface area contributed by atoms with Crippen LogP contribution in [0.25, 0.3) is 0 Å². The minimum Gasteiger partial charge on any atom is -0.491 e. The van der Waals surface area contributed by atoms with Gasteiger partial charge in [-0.3, -0.25) is 0 Å². The Hall–Kier alpha value is -1.02. The molecule has 1 N–H and O–H groups in total. The van der Waals surface area contributed by atoms with Crippen molar-refractivity contribution in [3.05, 3.63) is 29.8 Å². The van der Waals surface area contributed by atoms with Crippen molar-refractivity contribution in [3.63, 3.8) is 0 Å². The first-order valence-corrected chi connectivity index (χ1v) is 7.14. The smallest absolute Gasteiger partial charge is 0.119 e. The van der Waals surface area contributed by atoms with Gasteiger partial charge in [0.25, 0.3) is 0 Å². The van der Waals surface area contributed by atoms with E-state index in [0.29, 0.717) is 12.0 Å². The van der Waals surface area contributed by atoms with Crippen molar-refractivity contribution in [3.8, 4) is 5.75 Å². The molecule has 2 heteroatoms. The van der Waals surface area contributed by atoms with Gasteiger partial charge in [0, 0.05) is 6.04 Å². The second-order valence-corrected chi connectivity index (χ2v) is 5.52. The first-order valence-electron chi connectivity index (χ1n) is 7.14. The molecule has 1 saturated carbocycles. The minimum atomic E-state index is 0.246. The molecule has 2 unspecified atom stereocenters. The average Bonchev–Trinajstić information content (AvgIpc) is 2.39. The summed E-state index contributed by atoms with van der Waals surface area (Å²) in [5.41, 5.74) is 1.45. The normalized spacial score (nSPS) is 24.2. The van der Waals surface area contributed by atoms with Crippen molar-refractivity contribution >= 4 is 0 Å². The van der Waals surface area contributed by atoms with E-state index in [4.69, 9.17) is 4.74 Å². The molecule has 0 aliphatic heterocycles. The third kappa shape index (κ3) is 3.26. The maximum Gasteiger partial charge on any atom is 0.119 e. The van der Waals surface area contributed by atoms with Crippen LogP contribution in [0, 0.1) is 0 Å². The summed E-state index contributed by atoms with van der Waals surface area (Å²) < 4.78 is 5.69. The standard InChI is InChI=1S/C16H25NO/c1-12(2)18-14-10-8-13(9-11-14)15-6-4-5-7-16(15)17-3/h8-12,15-17H,4-7H2,1-3H3. The minimum absolute atomic E-state index is 0.246. The van der Waals surface area contributed by atoms with Crippen LogP contribution < -0.4 is 10.1 Å². The Labute approximate surface area is 111 Å². The van der Waals surface area contributed by atoms with E-state index in [1.807, 2.05) is 0 Å². The van der Waals surface area contributed by atoms with Crippen LogP contribution in [0.4, 0.5) is 0 Å². The maximum atomic E-state index is 5.69. The Balaban J connectivity index is 2.07. The molecule has 100 valence electrons. The Morgan fingerprint density at radius 3 is 2.39 bits per heavy atom. The monoisotopic (exact) mass is 247 g/mol. The molecule has 1 aromatic carbocycles. The third-order valence-corrected chi connectivity index (χ3v) is 3.82. The van der Waals surface area contributed by atoms with E-state index >= 15 is 0 Å². The number of nitrogens with one attached hydrogen (secondary N) is 1. The lowest BCUT2D eigenvalue weighted by molar-refractivity contribution is 0.242. The summed E-state index contributed by atoms with van der Waals surface area (Å²) in [6.45, 7) is 4.12. The predicted octanol–water partition coefficient (Wildman–Crippen LogP) is 3.72. The van der Waals surface area contributed by atoms with Gasteiger partial charge in [-0.1, -0.05) is 25.0 Å². The van der Waals surface area contributed by atoms with Gasteiger partial charge in [0.15, 0.2) is 0 Å². The number of likely N-dealkylation sites (N-methyl/N-ethyl adjacent to an activating group) is 1. The lowest BCUT2D eigenvalue weighted by Gasteiger charge is -2.31. The Bertz CT molecular complexity index is 358. The molecule has 18 heavy (non-hydrogen) atoms. The summed E-state index contributed by atoms with van der Waals surface area (Å²) in [7, 11) is 2.08. The van der Waals surface area contributed by atoms with Gasteiger partial charge in [0.05, 0.1) is 6.10 Å². The molecule has 0 radical (unpaired) electrons. The maximum absolute atomic E-state index is 5.69. The molecular formula is C16H25NO. The van der Waals surface area contributed by atoms with Crippen molar-refractivity contribution in [1.29, 1.82) is 0 Å². The van der Waals surface area contributed by atoms with Crippen LogP contribution in [0.3, 0.4) is 0 Å². The summed E-state index contributed by atoms with van der Waals surface area (Å²) in [5.74, 6) is 1.64. The highest BCUT2D eigenvalue weighted by Crippen LogP contribution is 2.33. The first-order chi connectivity index (χ1) is 8.70. The van der Waals surface area contributed by atoms with Gasteiger partial charge >= 0.3 is 0 Å². The lowest BCUT2D eigenvalue weighted by Crippen LogP contribution is -2.34. The number of ether oxygens (including phenoxy) is 1. The van der Waals surface area contributed by atoms with Crippen LogP contribution in [-0.4, -0.2) is 19.2 Å². The molecular weight excluding hydrogens is 222 g/mol. The SMILES string of the molecule is CNC1CCCCC1c1ccc(OC(C)C)cc1. The fourth-order valence-electron chi connectivity index (χ4n) is 2.94. The van der Waals surface area contributed by atoms with Crippen LogP contribution >= 0.6 is 0 Å². The summed E-state index contributed by atoms with van der Waals surface area (Å²) >= 11 is 0. The Kier molecular flexibility index (Phi) is 4.65. The summed E-state index contributed by atoms with van der Waals surface area (Å²) in [6.07, 6.45) is 5.56. The van der Waals surface area contributed by atoms with Crippen molar-refractivity contribution in [2.75, 3.05) is 7.05 Å². The van der Waals surface area contributed by atoms with E-state index in [9.17, 15) is 0 Å². The molecule has 0 aromatic heterocycles. The van der Waals surface area contributed by atoms with Crippen molar-refractivity contribution in [2.24, 2.45) is 0 Å². The van der Waals surface area contributed by atoms with Gasteiger partial charge in [-0.05, 0) is 57.4 Å². The molecule has 0 bridgehead atoms. The van der Waals surface area contributed by atoms with Crippen molar-refractivity contribution < 1.29 is 4.74 Å². The van der Waals surface area contributed by atoms with E-state index in [0.717, 1.165) is 5.75 Å². The van der Waals surface area contributed by atoms with Gasteiger partial charge < -0.3 is 10.1 Å². The third-order valence-electron chi connectivity index (χ3n) is 3.82. The molecule has 2 atom stereocenters. The van der Waals surface area contributed by atoms with Gasteiger partial charge in [-0.2, -0.15) is 0 Å². The highest BCUT2D eigenvalue weighted by atomic mass is 16.5. The molecule has 1 aromatic rings. The van der Waals surface area contributed by atoms with Gasteiger partial charge in [-0.15, -0.1) is 0 Å². The topological polar surface area (TPSA) is 21.3 Å². The highest BCUT2D eigenvalue weighted by Gasteiger charge is 2.24. The zero-order chi connectivity index (χ0) is 13.0. The molecule has 1 fully saturated rings. The Morgan fingerprint density at radius 2 is 1.78 bits per heavy atom. The molecule has 0 amide bonds. The molecule has 0 heterocycles. The van der Waals surface area contributed by atoms with E-state index < -0.39 is 0 Å². The van der Waals surface area contributed by atoms with E-state index in [1.54, 1.807) is 0 Å². The number of hydrogen-bond donors (Lipinski definition) is 1.